The number of halogens is 1. The van der Waals surface area contributed by atoms with E-state index in [-0.39, 0.29) is 0 Å². The Morgan fingerprint density at radius 3 is 2.15 bits per heavy atom. The number of nitrogens with zero attached hydrogens (tertiary/aromatic N) is 1. The molecular weight excluding hydrogens is 165 g/mol. The van der Waals surface area contributed by atoms with Crippen LogP contribution in [0.1, 0.15) is 41.0 Å². The Balaban J connectivity index is 2.71. The van der Waals surface area contributed by atoms with Gasteiger partial charge in [-0.25, -0.2) is 4.39 Å². The molecule has 1 saturated heterocycles. The quantitative estimate of drug-likeness (QED) is 0.642. The molecule has 0 bridgehead atoms. The molecule has 2 heteroatoms. The Hall–Kier alpha value is -0.110. The zero-order valence-electron chi connectivity index (χ0n) is 9.47. The summed E-state index contributed by atoms with van der Waals surface area (Å²) >= 11 is 0. The van der Waals surface area contributed by atoms with Gasteiger partial charge in [-0.15, -0.1) is 0 Å². The lowest BCUT2D eigenvalue weighted by molar-refractivity contribution is 0.149. The van der Waals surface area contributed by atoms with E-state index in [0.717, 1.165) is 0 Å². The fourth-order valence-corrected chi connectivity index (χ4v) is 2.30. The molecule has 0 unspecified atom stereocenters. The van der Waals surface area contributed by atoms with E-state index >= 15 is 0 Å². The molecule has 0 aromatic rings. The summed E-state index contributed by atoms with van der Waals surface area (Å²) in [5.74, 6) is 0.556. The largest absolute Gasteiger partial charge is 0.294 e. The van der Waals surface area contributed by atoms with E-state index in [1.54, 1.807) is 6.92 Å². The minimum absolute atomic E-state index is 0.426. The molecule has 1 aliphatic rings. The van der Waals surface area contributed by atoms with Crippen molar-refractivity contribution >= 4 is 0 Å². The SMILES string of the molecule is CC(C)[C@@H]1C[C@@](C)(F)CN1C(C)C. The summed E-state index contributed by atoms with van der Waals surface area (Å²) in [5.41, 5.74) is -0.973. The topological polar surface area (TPSA) is 3.24 Å². The van der Waals surface area contributed by atoms with Crippen LogP contribution in [0.4, 0.5) is 4.39 Å². The maximum atomic E-state index is 13.8. The standard InChI is InChI=1S/C11H22FN/c1-8(2)10-6-11(5,12)7-13(10)9(3)4/h8-10H,6-7H2,1-5H3/t10-,11+/m0/s1. The highest BCUT2D eigenvalue weighted by molar-refractivity contribution is 4.96. The lowest BCUT2D eigenvalue weighted by Gasteiger charge is -2.30. The van der Waals surface area contributed by atoms with Gasteiger partial charge in [-0.05, 0) is 33.1 Å². The van der Waals surface area contributed by atoms with Gasteiger partial charge in [-0.3, -0.25) is 4.90 Å². The molecule has 13 heavy (non-hydrogen) atoms. The minimum Gasteiger partial charge on any atom is -0.294 e. The number of hydrogen-bond acceptors (Lipinski definition) is 1. The van der Waals surface area contributed by atoms with Crippen molar-refractivity contribution in [2.24, 2.45) is 5.92 Å². The number of alkyl halides is 1. The molecule has 0 N–H and O–H groups in total. The molecule has 0 amide bonds. The summed E-state index contributed by atoms with van der Waals surface area (Å²) in [6.07, 6.45) is 0.697. The molecule has 0 aliphatic carbocycles. The first-order valence-corrected chi connectivity index (χ1v) is 5.28. The lowest BCUT2D eigenvalue weighted by Crippen LogP contribution is -2.39. The molecule has 1 heterocycles. The second kappa shape index (κ2) is 3.56. The van der Waals surface area contributed by atoms with E-state index in [1.807, 2.05) is 0 Å². The summed E-state index contributed by atoms with van der Waals surface area (Å²) in [7, 11) is 0. The Morgan fingerprint density at radius 2 is 1.85 bits per heavy atom. The number of hydrogen-bond donors (Lipinski definition) is 0. The van der Waals surface area contributed by atoms with E-state index in [1.165, 1.54) is 0 Å². The third kappa shape index (κ3) is 2.43. The Morgan fingerprint density at radius 1 is 1.31 bits per heavy atom. The van der Waals surface area contributed by atoms with Gasteiger partial charge in [0.2, 0.25) is 0 Å². The predicted molar refractivity (Wildman–Crippen MR) is 54.6 cm³/mol. The van der Waals surface area contributed by atoms with Crippen molar-refractivity contribution < 1.29 is 4.39 Å². The summed E-state index contributed by atoms with van der Waals surface area (Å²) in [4.78, 5) is 2.30. The number of rotatable bonds is 2. The molecule has 0 aromatic heterocycles. The lowest BCUT2D eigenvalue weighted by atomic mass is 9.97. The van der Waals surface area contributed by atoms with Crippen LogP contribution in [0.15, 0.2) is 0 Å². The van der Waals surface area contributed by atoms with Gasteiger partial charge in [0.1, 0.15) is 5.67 Å². The molecule has 1 aliphatic heterocycles. The molecule has 1 nitrogen and oxygen atoms in total. The van der Waals surface area contributed by atoms with Gasteiger partial charge in [0.15, 0.2) is 0 Å². The molecular formula is C11H22FN. The van der Waals surface area contributed by atoms with E-state index in [0.29, 0.717) is 31.0 Å². The molecule has 1 fully saturated rings. The third-order valence-electron chi connectivity index (χ3n) is 3.01. The van der Waals surface area contributed by atoms with Gasteiger partial charge in [0, 0.05) is 18.6 Å². The Labute approximate surface area is 81.3 Å². The van der Waals surface area contributed by atoms with Crippen molar-refractivity contribution in [2.75, 3.05) is 6.54 Å². The molecule has 1 rings (SSSR count). The summed E-state index contributed by atoms with van der Waals surface area (Å²) < 4.78 is 13.8. The Kier molecular flexibility index (Phi) is 3.01. The van der Waals surface area contributed by atoms with Crippen LogP contribution < -0.4 is 0 Å². The van der Waals surface area contributed by atoms with Gasteiger partial charge in [0.25, 0.3) is 0 Å². The molecule has 0 saturated carbocycles. The minimum atomic E-state index is -0.973. The Bertz CT molecular complexity index is 157. The van der Waals surface area contributed by atoms with Crippen LogP contribution in [0.5, 0.6) is 0 Å². The van der Waals surface area contributed by atoms with Crippen molar-refractivity contribution in [3.05, 3.63) is 0 Å². The fourth-order valence-electron chi connectivity index (χ4n) is 2.30. The van der Waals surface area contributed by atoms with E-state index in [2.05, 4.69) is 32.6 Å². The average Bonchev–Trinajstić information content (AvgIpc) is 2.26. The maximum Gasteiger partial charge on any atom is 0.122 e. The monoisotopic (exact) mass is 187 g/mol. The third-order valence-corrected chi connectivity index (χ3v) is 3.01. The zero-order chi connectivity index (χ0) is 10.2. The molecule has 0 radical (unpaired) electrons. The highest BCUT2D eigenvalue weighted by atomic mass is 19.1. The van der Waals surface area contributed by atoms with Crippen LogP contribution in [-0.2, 0) is 0 Å². The second-order valence-corrected chi connectivity index (χ2v) is 5.19. The van der Waals surface area contributed by atoms with Gasteiger partial charge in [-0.1, -0.05) is 13.8 Å². The van der Waals surface area contributed by atoms with Crippen molar-refractivity contribution in [1.29, 1.82) is 0 Å². The first-order valence-electron chi connectivity index (χ1n) is 5.28. The average molecular weight is 187 g/mol. The summed E-state index contributed by atoms with van der Waals surface area (Å²) in [5, 5.41) is 0. The predicted octanol–water partition coefficient (Wildman–Crippen LogP) is 2.85. The molecule has 2 atom stereocenters. The molecule has 0 spiro atoms. The van der Waals surface area contributed by atoms with Crippen molar-refractivity contribution in [3.8, 4) is 0 Å². The second-order valence-electron chi connectivity index (χ2n) is 5.19. The molecule has 0 aromatic carbocycles. The van der Waals surface area contributed by atoms with Crippen molar-refractivity contribution in [3.63, 3.8) is 0 Å². The smallest absolute Gasteiger partial charge is 0.122 e. The van der Waals surface area contributed by atoms with Gasteiger partial charge < -0.3 is 0 Å². The first kappa shape index (κ1) is 11.0. The van der Waals surface area contributed by atoms with Crippen molar-refractivity contribution in [2.45, 2.75) is 58.8 Å². The van der Waals surface area contributed by atoms with E-state index in [4.69, 9.17) is 0 Å². The zero-order valence-corrected chi connectivity index (χ0v) is 9.47. The summed E-state index contributed by atoms with van der Waals surface area (Å²) in [6, 6.07) is 0.889. The maximum absolute atomic E-state index is 13.8. The summed E-state index contributed by atoms with van der Waals surface area (Å²) in [6.45, 7) is 11.0. The first-order chi connectivity index (χ1) is 5.83. The number of likely N-dealkylation sites (tertiary alicyclic amines) is 1. The van der Waals surface area contributed by atoms with Crippen LogP contribution >= 0.6 is 0 Å². The van der Waals surface area contributed by atoms with Gasteiger partial charge in [0.05, 0.1) is 0 Å². The molecule has 78 valence electrons. The van der Waals surface area contributed by atoms with Crippen molar-refractivity contribution in [1.82, 2.24) is 4.90 Å². The highest BCUT2D eigenvalue weighted by Crippen LogP contribution is 2.34. The van der Waals surface area contributed by atoms with Crippen LogP contribution in [0.2, 0.25) is 0 Å². The highest BCUT2D eigenvalue weighted by Gasteiger charge is 2.42. The normalized spacial score (nSPS) is 36.5. The van der Waals surface area contributed by atoms with E-state index in [9.17, 15) is 4.39 Å². The van der Waals surface area contributed by atoms with Crippen LogP contribution in [0, 0.1) is 5.92 Å². The van der Waals surface area contributed by atoms with Crippen LogP contribution in [-0.4, -0.2) is 29.2 Å². The van der Waals surface area contributed by atoms with Crippen LogP contribution in [0.3, 0.4) is 0 Å². The fraction of sp³-hybridized carbons (Fsp3) is 1.00. The van der Waals surface area contributed by atoms with Gasteiger partial charge >= 0.3 is 0 Å². The van der Waals surface area contributed by atoms with E-state index < -0.39 is 5.67 Å². The van der Waals surface area contributed by atoms with Gasteiger partial charge in [-0.2, -0.15) is 0 Å². The van der Waals surface area contributed by atoms with Crippen LogP contribution in [0.25, 0.3) is 0 Å².